The Morgan fingerprint density at radius 3 is 2.42 bits per heavy atom. The molecular formula is C29H41N3O8. The van der Waals surface area contributed by atoms with E-state index in [1.165, 1.54) is 9.80 Å². The van der Waals surface area contributed by atoms with Crippen LogP contribution in [0.2, 0.25) is 0 Å². The molecule has 220 valence electrons. The van der Waals surface area contributed by atoms with Gasteiger partial charge in [0.05, 0.1) is 26.2 Å². The molecule has 2 aliphatic heterocycles. The lowest BCUT2D eigenvalue weighted by Crippen LogP contribution is -2.54. The van der Waals surface area contributed by atoms with Gasteiger partial charge in [0.1, 0.15) is 16.8 Å². The summed E-state index contributed by atoms with van der Waals surface area (Å²) in [6.45, 7) is 8.00. The number of methoxy groups -OCH3 is 2. The smallest absolute Gasteiger partial charge is 0.410 e. The molecule has 1 saturated heterocycles. The molecular weight excluding hydrogens is 518 g/mol. The summed E-state index contributed by atoms with van der Waals surface area (Å²) in [5, 5.41) is 2.81. The molecule has 11 nitrogen and oxygen atoms in total. The first kappa shape index (κ1) is 30.9. The summed E-state index contributed by atoms with van der Waals surface area (Å²) in [4.78, 5) is 56.9. The number of carbonyl (C=O) groups is 4. The Labute approximate surface area is 235 Å². The van der Waals surface area contributed by atoms with Gasteiger partial charge < -0.3 is 34.1 Å². The zero-order chi connectivity index (χ0) is 29.5. The minimum atomic E-state index is -1.57. The van der Waals surface area contributed by atoms with Gasteiger partial charge in [0.2, 0.25) is 11.8 Å². The van der Waals surface area contributed by atoms with Crippen LogP contribution in [0, 0.1) is 11.3 Å². The minimum Gasteiger partial charge on any atom is -0.497 e. The van der Waals surface area contributed by atoms with Crippen molar-refractivity contribution in [2.75, 3.05) is 47.1 Å². The fourth-order valence-electron chi connectivity index (χ4n) is 5.06. The fraction of sp³-hybridized carbons (Fsp3) is 0.586. The van der Waals surface area contributed by atoms with Crippen molar-refractivity contribution in [1.82, 2.24) is 15.1 Å². The van der Waals surface area contributed by atoms with Crippen LogP contribution in [0.1, 0.15) is 46.1 Å². The summed E-state index contributed by atoms with van der Waals surface area (Å²) < 4.78 is 21.4. The molecule has 2 atom stereocenters. The number of rotatable bonds is 11. The highest BCUT2D eigenvalue weighted by molar-refractivity contribution is 5.99. The van der Waals surface area contributed by atoms with E-state index < -0.39 is 29.0 Å². The molecule has 3 rings (SSSR count). The molecule has 0 unspecified atom stereocenters. The van der Waals surface area contributed by atoms with Crippen molar-refractivity contribution in [3.8, 4) is 5.75 Å². The van der Waals surface area contributed by atoms with Crippen molar-refractivity contribution in [2.24, 2.45) is 11.3 Å². The maximum Gasteiger partial charge on any atom is 0.410 e. The maximum absolute atomic E-state index is 14.0. The number of amides is 3. The lowest BCUT2D eigenvalue weighted by atomic mass is 9.71. The van der Waals surface area contributed by atoms with Gasteiger partial charge in [-0.25, -0.2) is 4.79 Å². The molecule has 0 aliphatic carbocycles. The second-order valence-corrected chi connectivity index (χ2v) is 10.9. The van der Waals surface area contributed by atoms with E-state index >= 15 is 0 Å². The number of hydrogen-bond acceptors (Lipinski definition) is 8. The first-order valence-corrected chi connectivity index (χ1v) is 13.5. The van der Waals surface area contributed by atoms with Crippen LogP contribution in [0.4, 0.5) is 4.79 Å². The van der Waals surface area contributed by atoms with E-state index in [2.05, 4.69) is 5.32 Å². The number of ether oxygens (including phenoxy) is 4. The van der Waals surface area contributed by atoms with Crippen LogP contribution in [0.15, 0.2) is 36.0 Å². The summed E-state index contributed by atoms with van der Waals surface area (Å²) in [6.07, 6.45) is 1.44. The van der Waals surface area contributed by atoms with Gasteiger partial charge in [0.15, 0.2) is 0 Å². The highest BCUT2D eigenvalue weighted by atomic mass is 16.6. The Morgan fingerprint density at radius 1 is 1.12 bits per heavy atom. The van der Waals surface area contributed by atoms with E-state index in [4.69, 9.17) is 18.9 Å². The second-order valence-electron chi connectivity index (χ2n) is 10.9. The molecule has 1 aromatic rings. The normalized spacial score (nSPS) is 20.5. The van der Waals surface area contributed by atoms with Gasteiger partial charge in [0.25, 0.3) is 0 Å². The molecule has 11 heteroatoms. The van der Waals surface area contributed by atoms with Crippen LogP contribution in [-0.4, -0.2) is 86.3 Å². The number of carbonyl (C=O) groups excluding carboxylic acids is 4. The van der Waals surface area contributed by atoms with Gasteiger partial charge >= 0.3 is 12.1 Å². The predicted molar refractivity (Wildman–Crippen MR) is 146 cm³/mol. The predicted octanol–water partition coefficient (Wildman–Crippen LogP) is 2.88. The maximum atomic E-state index is 14.0. The largest absolute Gasteiger partial charge is 0.497 e. The Bertz CT molecular complexity index is 1110. The summed E-state index contributed by atoms with van der Waals surface area (Å²) in [6, 6.07) is 7.26. The van der Waals surface area contributed by atoms with E-state index in [1.54, 1.807) is 60.1 Å². The highest BCUT2D eigenvalue weighted by Crippen LogP contribution is 2.51. The van der Waals surface area contributed by atoms with Crippen molar-refractivity contribution in [3.63, 3.8) is 0 Å². The molecule has 0 saturated carbocycles. The average molecular weight is 560 g/mol. The van der Waals surface area contributed by atoms with Crippen molar-refractivity contribution in [3.05, 3.63) is 41.6 Å². The Morgan fingerprint density at radius 2 is 1.82 bits per heavy atom. The van der Waals surface area contributed by atoms with E-state index in [0.29, 0.717) is 31.0 Å². The lowest BCUT2D eigenvalue weighted by Gasteiger charge is -2.40. The van der Waals surface area contributed by atoms with E-state index in [1.807, 2.05) is 12.1 Å². The van der Waals surface area contributed by atoms with Crippen molar-refractivity contribution < 1.29 is 38.1 Å². The van der Waals surface area contributed by atoms with Crippen LogP contribution >= 0.6 is 0 Å². The van der Waals surface area contributed by atoms with Gasteiger partial charge in [-0.3, -0.25) is 14.4 Å². The monoisotopic (exact) mass is 559 g/mol. The summed E-state index contributed by atoms with van der Waals surface area (Å²) in [5.41, 5.74) is -1.08. The Kier molecular flexibility index (Phi) is 10.2. The SMILES string of the molecule is CCOC(=O)[C@@]12CN(C(=O)OC(C)(C)C)CC=C1N(Cc1ccc(OC)cc1)C(=O)[C@H]2CC(=O)NCCCOC. The van der Waals surface area contributed by atoms with Gasteiger partial charge in [-0.1, -0.05) is 12.1 Å². The number of likely N-dealkylation sites (tertiary alicyclic amines) is 1. The third-order valence-electron chi connectivity index (χ3n) is 6.88. The molecule has 1 fully saturated rings. The van der Waals surface area contributed by atoms with Gasteiger partial charge in [-0.15, -0.1) is 0 Å². The number of nitrogens with zero attached hydrogens (tertiary/aromatic N) is 2. The molecule has 0 spiro atoms. The van der Waals surface area contributed by atoms with E-state index in [9.17, 15) is 19.2 Å². The number of hydrogen-bond donors (Lipinski definition) is 1. The zero-order valence-electron chi connectivity index (χ0n) is 24.3. The molecule has 2 aliphatic rings. The molecule has 3 amide bonds. The molecule has 2 heterocycles. The standard InChI is InChI=1S/C29H41N3O8/c1-7-39-26(35)29-19-31(27(36)40-28(2,3)4)15-13-23(29)32(18-20-9-11-21(38-6)12-10-20)25(34)22(29)17-24(33)30-14-8-16-37-5/h9-13,22H,7-8,14-19H2,1-6H3,(H,30,33)/t22-,29-/m1/s1. The van der Waals surface area contributed by atoms with Crippen LogP contribution in [0.5, 0.6) is 5.75 Å². The first-order chi connectivity index (χ1) is 19.0. The molecule has 0 aromatic heterocycles. The molecule has 1 aromatic carbocycles. The summed E-state index contributed by atoms with van der Waals surface area (Å²) >= 11 is 0. The number of benzene rings is 1. The topological polar surface area (TPSA) is 124 Å². The van der Waals surface area contributed by atoms with Crippen LogP contribution < -0.4 is 10.1 Å². The molecule has 0 radical (unpaired) electrons. The highest BCUT2D eigenvalue weighted by Gasteiger charge is 2.64. The lowest BCUT2D eigenvalue weighted by molar-refractivity contribution is -0.158. The van der Waals surface area contributed by atoms with Gasteiger partial charge in [-0.05, 0) is 57.9 Å². The van der Waals surface area contributed by atoms with Gasteiger partial charge in [0, 0.05) is 45.5 Å². The third-order valence-corrected chi connectivity index (χ3v) is 6.88. The van der Waals surface area contributed by atoms with Crippen LogP contribution in [0.25, 0.3) is 0 Å². The van der Waals surface area contributed by atoms with E-state index in [0.717, 1.165) is 5.56 Å². The Hall–Kier alpha value is -3.60. The third kappa shape index (κ3) is 6.93. The van der Waals surface area contributed by atoms with Crippen molar-refractivity contribution in [1.29, 1.82) is 0 Å². The molecule has 0 bridgehead atoms. The van der Waals surface area contributed by atoms with Gasteiger partial charge in [-0.2, -0.15) is 0 Å². The average Bonchev–Trinajstić information content (AvgIpc) is 3.13. The summed E-state index contributed by atoms with van der Waals surface area (Å²) in [7, 11) is 3.15. The molecule has 40 heavy (non-hydrogen) atoms. The van der Waals surface area contributed by atoms with Crippen LogP contribution in [-0.2, 0) is 35.1 Å². The zero-order valence-corrected chi connectivity index (χ0v) is 24.3. The fourth-order valence-corrected chi connectivity index (χ4v) is 5.06. The number of esters is 1. The van der Waals surface area contributed by atoms with Crippen LogP contribution in [0.3, 0.4) is 0 Å². The number of fused-ring (bicyclic) bond motifs is 1. The van der Waals surface area contributed by atoms with E-state index in [-0.39, 0.29) is 44.5 Å². The van der Waals surface area contributed by atoms with Crippen molar-refractivity contribution in [2.45, 2.75) is 52.7 Å². The Balaban J connectivity index is 2.02. The first-order valence-electron chi connectivity index (χ1n) is 13.5. The quantitative estimate of drug-likeness (QED) is 0.324. The summed E-state index contributed by atoms with van der Waals surface area (Å²) in [5.74, 6) is -1.82. The molecule has 1 N–H and O–H groups in total. The second kappa shape index (κ2) is 13.2. The van der Waals surface area contributed by atoms with Crippen molar-refractivity contribution >= 4 is 23.9 Å². The number of nitrogens with one attached hydrogen (secondary N) is 1. The minimum absolute atomic E-state index is 0.0723.